The SMILES string of the molecule is CC(F)COC(=O)O. The molecule has 0 bridgehead atoms. The van der Waals surface area contributed by atoms with E-state index in [1.807, 2.05) is 0 Å². The van der Waals surface area contributed by atoms with Gasteiger partial charge in [-0.25, -0.2) is 9.18 Å². The van der Waals surface area contributed by atoms with E-state index in [4.69, 9.17) is 5.11 Å². The lowest BCUT2D eigenvalue weighted by Crippen LogP contribution is -2.09. The minimum absolute atomic E-state index is 0.380. The molecular weight excluding hydrogens is 115 g/mol. The number of hydrogen-bond acceptors (Lipinski definition) is 2. The number of alkyl halides is 1. The van der Waals surface area contributed by atoms with Crippen LogP contribution in [0.1, 0.15) is 6.92 Å². The first-order valence-corrected chi connectivity index (χ1v) is 2.12. The van der Waals surface area contributed by atoms with Crippen LogP contribution >= 0.6 is 0 Å². The van der Waals surface area contributed by atoms with Crippen molar-refractivity contribution in [2.45, 2.75) is 13.1 Å². The highest BCUT2D eigenvalue weighted by molar-refractivity contribution is 5.56. The van der Waals surface area contributed by atoms with Crippen molar-refractivity contribution in [2.75, 3.05) is 6.61 Å². The summed E-state index contributed by atoms with van der Waals surface area (Å²) in [5.74, 6) is 0. The Morgan fingerprint density at radius 1 is 2.00 bits per heavy atom. The monoisotopic (exact) mass is 122 g/mol. The fourth-order valence-electron chi connectivity index (χ4n) is 0.186. The van der Waals surface area contributed by atoms with E-state index in [0.29, 0.717) is 0 Å². The number of carbonyl (C=O) groups is 1. The number of ether oxygens (including phenoxy) is 1. The molecule has 0 saturated heterocycles. The average molecular weight is 122 g/mol. The highest BCUT2D eigenvalue weighted by Crippen LogP contribution is 1.88. The molecule has 0 amide bonds. The summed E-state index contributed by atoms with van der Waals surface area (Å²) in [5.41, 5.74) is 0. The van der Waals surface area contributed by atoms with E-state index in [2.05, 4.69) is 4.74 Å². The summed E-state index contributed by atoms with van der Waals surface area (Å²) in [6, 6.07) is 0. The lowest BCUT2D eigenvalue weighted by Gasteiger charge is -1.97. The second-order valence-corrected chi connectivity index (χ2v) is 1.36. The minimum Gasteiger partial charge on any atom is -0.450 e. The van der Waals surface area contributed by atoms with Gasteiger partial charge in [0, 0.05) is 0 Å². The molecule has 0 heterocycles. The molecule has 1 N–H and O–H groups in total. The van der Waals surface area contributed by atoms with E-state index < -0.39 is 12.3 Å². The quantitative estimate of drug-likeness (QED) is 0.556. The first kappa shape index (κ1) is 7.20. The molecule has 0 aliphatic heterocycles. The second-order valence-electron chi connectivity index (χ2n) is 1.36. The molecule has 0 aromatic heterocycles. The Morgan fingerprint density at radius 3 is 2.62 bits per heavy atom. The summed E-state index contributed by atoms with van der Waals surface area (Å²) in [4.78, 5) is 9.51. The van der Waals surface area contributed by atoms with Gasteiger partial charge in [0.15, 0.2) is 0 Å². The van der Waals surface area contributed by atoms with Gasteiger partial charge in [-0.05, 0) is 6.92 Å². The maximum absolute atomic E-state index is 11.7. The zero-order valence-electron chi connectivity index (χ0n) is 4.43. The van der Waals surface area contributed by atoms with Crippen molar-refractivity contribution in [3.8, 4) is 0 Å². The van der Waals surface area contributed by atoms with Gasteiger partial charge in [-0.1, -0.05) is 0 Å². The van der Waals surface area contributed by atoms with Crippen LogP contribution in [0.3, 0.4) is 0 Å². The second kappa shape index (κ2) is 3.23. The summed E-state index contributed by atoms with van der Waals surface area (Å²) in [5, 5.41) is 7.77. The van der Waals surface area contributed by atoms with Crippen LogP contribution in [0, 0.1) is 0 Å². The van der Waals surface area contributed by atoms with Gasteiger partial charge in [0.05, 0.1) is 0 Å². The van der Waals surface area contributed by atoms with Gasteiger partial charge >= 0.3 is 6.16 Å². The first-order chi connectivity index (χ1) is 3.63. The number of halogens is 1. The van der Waals surface area contributed by atoms with Crippen molar-refractivity contribution in [2.24, 2.45) is 0 Å². The fourth-order valence-corrected chi connectivity index (χ4v) is 0.186. The van der Waals surface area contributed by atoms with Crippen molar-refractivity contribution >= 4 is 6.16 Å². The van der Waals surface area contributed by atoms with Crippen LogP contribution in [0.15, 0.2) is 0 Å². The van der Waals surface area contributed by atoms with Crippen LogP contribution in [0.4, 0.5) is 9.18 Å². The Balaban J connectivity index is 3.05. The van der Waals surface area contributed by atoms with Crippen molar-refractivity contribution in [3.05, 3.63) is 0 Å². The third kappa shape index (κ3) is 5.20. The highest BCUT2D eigenvalue weighted by Gasteiger charge is 2.00. The van der Waals surface area contributed by atoms with E-state index in [-0.39, 0.29) is 6.61 Å². The van der Waals surface area contributed by atoms with Gasteiger partial charge in [-0.15, -0.1) is 0 Å². The molecule has 1 atom stereocenters. The number of rotatable bonds is 2. The standard InChI is InChI=1S/C4H7FO3/c1-3(5)2-8-4(6)7/h3H,2H2,1H3,(H,6,7). The molecule has 3 nitrogen and oxygen atoms in total. The van der Waals surface area contributed by atoms with Gasteiger partial charge in [0.1, 0.15) is 12.8 Å². The van der Waals surface area contributed by atoms with Crippen LogP contribution in [0.25, 0.3) is 0 Å². The molecule has 0 fully saturated rings. The molecule has 48 valence electrons. The minimum atomic E-state index is -1.44. The third-order valence-corrected chi connectivity index (χ3v) is 0.436. The predicted octanol–water partition coefficient (Wildman–Crippen LogP) is 1.04. The largest absolute Gasteiger partial charge is 0.505 e. The molecule has 0 aromatic carbocycles. The summed E-state index contributed by atoms with van der Waals surface area (Å²) in [6.07, 6.45) is -2.65. The van der Waals surface area contributed by atoms with Gasteiger partial charge in [0.25, 0.3) is 0 Å². The third-order valence-electron chi connectivity index (χ3n) is 0.436. The number of hydrogen-bond donors (Lipinski definition) is 1. The van der Waals surface area contributed by atoms with Crippen molar-refractivity contribution in [1.82, 2.24) is 0 Å². The molecule has 1 unspecified atom stereocenters. The summed E-state index contributed by atoms with van der Waals surface area (Å²) in [7, 11) is 0. The topological polar surface area (TPSA) is 46.5 Å². The Hall–Kier alpha value is -0.800. The van der Waals surface area contributed by atoms with Gasteiger partial charge in [-0.3, -0.25) is 0 Å². The maximum atomic E-state index is 11.7. The molecule has 0 aliphatic carbocycles. The Bertz CT molecular complexity index is 81.4. The molecule has 0 rings (SSSR count). The summed E-state index contributed by atoms with van der Waals surface area (Å²) in [6.45, 7) is 0.846. The summed E-state index contributed by atoms with van der Waals surface area (Å²) < 4.78 is 15.5. The van der Waals surface area contributed by atoms with E-state index in [1.165, 1.54) is 6.92 Å². The van der Waals surface area contributed by atoms with Gasteiger partial charge < -0.3 is 9.84 Å². The summed E-state index contributed by atoms with van der Waals surface area (Å²) >= 11 is 0. The molecule has 0 spiro atoms. The first-order valence-electron chi connectivity index (χ1n) is 2.12. The molecule has 4 heteroatoms. The molecule has 0 saturated carbocycles. The lowest BCUT2D eigenvalue weighted by atomic mass is 10.5. The average Bonchev–Trinajstić information content (AvgIpc) is 1.61. The van der Waals surface area contributed by atoms with E-state index in [9.17, 15) is 9.18 Å². The molecule has 0 aliphatic rings. The van der Waals surface area contributed by atoms with Crippen molar-refractivity contribution in [1.29, 1.82) is 0 Å². The van der Waals surface area contributed by atoms with Crippen LogP contribution in [-0.4, -0.2) is 24.0 Å². The Labute approximate surface area is 46.1 Å². The molecular formula is C4H7FO3. The van der Waals surface area contributed by atoms with E-state index in [1.54, 1.807) is 0 Å². The molecule has 0 radical (unpaired) electrons. The van der Waals surface area contributed by atoms with Crippen LogP contribution in [0.2, 0.25) is 0 Å². The Morgan fingerprint density at radius 2 is 2.50 bits per heavy atom. The molecule has 8 heavy (non-hydrogen) atoms. The van der Waals surface area contributed by atoms with Gasteiger partial charge in [0.2, 0.25) is 0 Å². The fraction of sp³-hybridized carbons (Fsp3) is 0.750. The maximum Gasteiger partial charge on any atom is 0.505 e. The van der Waals surface area contributed by atoms with Crippen LogP contribution < -0.4 is 0 Å². The zero-order valence-corrected chi connectivity index (χ0v) is 4.43. The normalized spacial score (nSPS) is 12.8. The zero-order chi connectivity index (χ0) is 6.57. The van der Waals surface area contributed by atoms with Crippen LogP contribution in [0.5, 0.6) is 0 Å². The molecule has 0 aromatic rings. The predicted molar refractivity (Wildman–Crippen MR) is 24.5 cm³/mol. The van der Waals surface area contributed by atoms with Gasteiger partial charge in [-0.2, -0.15) is 0 Å². The van der Waals surface area contributed by atoms with E-state index >= 15 is 0 Å². The van der Waals surface area contributed by atoms with E-state index in [0.717, 1.165) is 0 Å². The highest BCUT2D eigenvalue weighted by atomic mass is 19.1. The smallest absolute Gasteiger partial charge is 0.450 e. The van der Waals surface area contributed by atoms with Crippen LogP contribution in [-0.2, 0) is 4.74 Å². The van der Waals surface area contributed by atoms with Crippen molar-refractivity contribution in [3.63, 3.8) is 0 Å². The number of carboxylic acid groups (broad SMARTS) is 1. The Kier molecular flexibility index (Phi) is 2.91. The van der Waals surface area contributed by atoms with Crippen molar-refractivity contribution < 1.29 is 19.0 Å². The lowest BCUT2D eigenvalue weighted by molar-refractivity contribution is 0.0713.